The Balaban J connectivity index is 1.64. The summed E-state index contributed by atoms with van der Waals surface area (Å²) < 4.78 is 1.70. The molecule has 0 unspecified atom stereocenters. The molecule has 2 aromatic heterocycles. The fourth-order valence-corrected chi connectivity index (χ4v) is 4.65. The van der Waals surface area contributed by atoms with Crippen LogP contribution in [-0.4, -0.2) is 21.1 Å². The van der Waals surface area contributed by atoms with Gasteiger partial charge < -0.3 is 5.32 Å². The second-order valence-electron chi connectivity index (χ2n) is 4.97. The molecule has 3 aromatic rings. The van der Waals surface area contributed by atoms with Crippen molar-refractivity contribution < 1.29 is 4.79 Å². The van der Waals surface area contributed by atoms with Crippen molar-refractivity contribution in [3.05, 3.63) is 47.1 Å². The van der Waals surface area contributed by atoms with Crippen LogP contribution in [0.15, 0.2) is 45.2 Å². The molecule has 0 spiro atoms. The maximum atomic E-state index is 12.1. The van der Waals surface area contributed by atoms with Crippen molar-refractivity contribution in [1.29, 1.82) is 0 Å². The number of carbonyl (C=O) groups is 1. The van der Waals surface area contributed by atoms with Gasteiger partial charge in [0.05, 0.1) is 6.20 Å². The van der Waals surface area contributed by atoms with Gasteiger partial charge in [-0.25, -0.2) is 4.98 Å². The second kappa shape index (κ2) is 7.20. The zero-order valence-corrected chi connectivity index (χ0v) is 15.0. The number of aromatic nitrogens is 3. The Morgan fingerprint density at radius 3 is 2.61 bits per heavy atom. The summed E-state index contributed by atoms with van der Waals surface area (Å²) in [6, 6.07) is 9.11. The van der Waals surface area contributed by atoms with Crippen LogP contribution >= 0.6 is 34.4 Å². The Morgan fingerprint density at radius 1 is 1.13 bits per heavy atom. The molecule has 0 aliphatic carbocycles. The molecule has 8 heteroatoms. The van der Waals surface area contributed by atoms with Gasteiger partial charge in [0, 0.05) is 11.5 Å². The van der Waals surface area contributed by atoms with Crippen molar-refractivity contribution in [3.63, 3.8) is 0 Å². The average Bonchev–Trinajstić information content (AvgIpc) is 3.18. The third-order valence-electron chi connectivity index (χ3n) is 2.85. The van der Waals surface area contributed by atoms with Crippen LogP contribution in [0.2, 0.25) is 0 Å². The van der Waals surface area contributed by atoms with Crippen molar-refractivity contribution in [1.82, 2.24) is 15.2 Å². The van der Waals surface area contributed by atoms with Crippen LogP contribution in [0.4, 0.5) is 5.00 Å². The van der Waals surface area contributed by atoms with E-state index < -0.39 is 0 Å². The summed E-state index contributed by atoms with van der Waals surface area (Å²) in [4.78, 5) is 16.4. The average molecular weight is 363 g/mol. The molecule has 0 atom stereocenters. The van der Waals surface area contributed by atoms with Gasteiger partial charge in [-0.3, -0.25) is 4.79 Å². The molecule has 23 heavy (non-hydrogen) atoms. The van der Waals surface area contributed by atoms with Gasteiger partial charge in [-0.15, -0.1) is 10.2 Å². The van der Waals surface area contributed by atoms with E-state index in [4.69, 9.17) is 0 Å². The van der Waals surface area contributed by atoms with E-state index in [1.807, 2.05) is 18.2 Å². The highest BCUT2D eigenvalue weighted by Gasteiger charge is 2.12. The first-order valence-electron chi connectivity index (χ1n) is 6.95. The number of hydrogen-bond donors (Lipinski definition) is 1. The Hall–Kier alpha value is -1.77. The van der Waals surface area contributed by atoms with Crippen molar-refractivity contribution in [2.75, 3.05) is 5.32 Å². The van der Waals surface area contributed by atoms with E-state index in [0.717, 1.165) is 18.7 Å². The molecule has 1 N–H and O–H groups in total. The van der Waals surface area contributed by atoms with Crippen LogP contribution < -0.4 is 5.32 Å². The number of nitrogens with zero attached hydrogens (tertiary/aromatic N) is 3. The number of rotatable bonds is 5. The number of benzene rings is 1. The molecule has 5 nitrogen and oxygen atoms in total. The summed E-state index contributed by atoms with van der Waals surface area (Å²) in [5.41, 5.74) is 0.626. The van der Waals surface area contributed by atoms with Gasteiger partial charge in [-0.1, -0.05) is 54.7 Å². The lowest BCUT2D eigenvalue weighted by molar-refractivity contribution is 0.102. The van der Waals surface area contributed by atoms with Crippen molar-refractivity contribution in [2.45, 2.75) is 28.4 Å². The van der Waals surface area contributed by atoms with E-state index in [-0.39, 0.29) is 5.91 Å². The minimum atomic E-state index is -0.135. The smallest absolute Gasteiger partial charge is 0.256 e. The Bertz CT molecular complexity index is 798. The van der Waals surface area contributed by atoms with Gasteiger partial charge in [-0.05, 0) is 23.9 Å². The first-order valence-corrected chi connectivity index (χ1v) is 9.40. The molecule has 118 valence electrons. The fourth-order valence-electron chi connectivity index (χ4n) is 1.71. The van der Waals surface area contributed by atoms with E-state index in [1.165, 1.54) is 23.1 Å². The fraction of sp³-hybridized carbons (Fsp3) is 0.200. The molecular weight excluding hydrogens is 348 g/mol. The van der Waals surface area contributed by atoms with E-state index in [0.29, 0.717) is 11.5 Å². The largest absolute Gasteiger partial charge is 0.312 e. The van der Waals surface area contributed by atoms with Gasteiger partial charge in [0.25, 0.3) is 5.91 Å². The first kappa shape index (κ1) is 16.1. The summed E-state index contributed by atoms with van der Waals surface area (Å²) >= 11 is 4.47. The van der Waals surface area contributed by atoms with Gasteiger partial charge in [0.1, 0.15) is 10.0 Å². The molecule has 0 bridgehead atoms. The maximum Gasteiger partial charge on any atom is 0.256 e. The number of nitrogens with one attached hydrogen (secondary N) is 1. The lowest BCUT2D eigenvalue weighted by Crippen LogP contribution is -2.10. The summed E-state index contributed by atoms with van der Waals surface area (Å²) in [5, 5.41) is 12.9. The number of amides is 1. The van der Waals surface area contributed by atoms with E-state index in [9.17, 15) is 4.79 Å². The number of anilines is 1. The molecule has 1 amide bonds. The zero-order chi connectivity index (χ0) is 16.2. The molecule has 0 saturated carbocycles. The number of carbonyl (C=O) groups excluding carboxylic acids is 1. The molecule has 3 rings (SSSR count). The number of thiazole rings is 1. The van der Waals surface area contributed by atoms with Crippen LogP contribution in [0.3, 0.4) is 0 Å². The monoisotopic (exact) mass is 362 g/mol. The minimum Gasteiger partial charge on any atom is -0.312 e. The van der Waals surface area contributed by atoms with Crippen LogP contribution in [-0.2, 0) is 0 Å². The number of hydrogen-bond acceptors (Lipinski definition) is 7. The Labute approximate surface area is 146 Å². The topological polar surface area (TPSA) is 67.8 Å². The van der Waals surface area contributed by atoms with E-state index in [1.54, 1.807) is 29.7 Å². The summed E-state index contributed by atoms with van der Waals surface area (Å²) in [6.07, 6.45) is 1.66. The molecule has 1 aromatic carbocycles. The molecular formula is C15H14N4OS3. The Morgan fingerprint density at radius 2 is 1.91 bits per heavy atom. The van der Waals surface area contributed by atoms with Crippen LogP contribution in [0, 0.1) is 0 Å². The van der Waals surface area contributed by atoms with Crippen LogP contribution in [0.5, 0.6) is 0 Å². The predicted octanol–water partition coefficient (Wildman–Crippen LogP) is 4.52. The van der Waals surface area contributed by atoms with Crippen LogP contribution in [0.1, 0.15) is 35.1 Å². The lowest BCUT2D eigenvalue weighted by atomic mass is 10.2. The molecule has 0 aliphatic heterocycles. The maximum absolute atomic E-state index is 12.1. The zero-order valence-electron chi connectivity index (χ0n) is 12.5. The first-order chi connectivity index (χ1) is 11.1. The highest BCUT2D eigenvalue weighted by Crippen LogP contribution is 2.36. The quantitative estimate of drug-likeness (QED) is 0.722. The third kappa shape index (κ3) is 4.15. The highest BCUT2D eigenvalue weighted by atomic mass is 32.2. The van der Waals surface area contributed by atoms with E-state index in [2.05, 4.69) is 34.3 Å². The predicted molar refractivity (Wildman–Crippen MR) is 94.6 cm³/mol. The van der Waals surface area contributed by atoms with Gasteiger partial charge in [0.15, 0.2) is 8.68 Å². The Kier molecular flexibility index (Phi) is 5.04. The standard InChI is InChI=1S/C15H14N4OS3/c1-9(2)13-18-19-15(22-13)23-14-16-8-11(21-14)17-12(20)10-6-4-3-5-7-10/h3-9H,1-2H3,(H,17,20). The summed E-state index contributed by atoms with van der Waals surface area (Å²) in [6.45, 7) is 4.19. The molecule has 0 aliphatic rings. The van der Waals surface area contributed by atoms with Crippen molar-refractivity contribution in [2.24, 2.45) is 0 Å². The van der Waals surface area contributed by atoms with E-state index >= 15 is 0 Å². The van der Waals surface area contributed by atoms with Crippen LogP contribution in [0.25, 0.3) is 0 Å². The second-order valence-corrected chi connectivity index (χ2v) is 8.51. The molecule has 2 heterocycles. The third-order valence-corrected chi connectivity index (χ3v) is 6.11. The molecule has 0 saturated heterocycles. The lowest BCUT2D eigenvalue weighted by Gasteiger charge is -2.00. The highest BCUT2D eigenvalue weighted by molar-refractivity contribution is 8.02. The summed E-state index contributed by atoms with van der Waals surface area (Å²) in [7, 11) is 0. The van der Waals surface area contributed by atoms with Gasteiger partial charge in [0.2, 0.25) is 0 Å². The normalized spacial score (nSPS) is 10.9. The van der Waals surface area contributed by atoms with Crippen molar-refractivity contribution in [3.8, 4) is 0 Å². The minimum absolute atomic E-state index is 0.135. The summed E-state index contributed by atoms with van der Waals surface area (Å²) in [5.74, 6) is 0.239. The molecule has 0 radical (unpaired) electrons. The SMILES string of the molecule is CC(C)c1nnc(Sc2ncc(NC(=O)c3ccccc3)s2)s1. The van der Waals surface area contributed by atoms with Gasteiger partial charge in [-0.2, -0.15) is 0 Å². The van der Waals surface area contributed by atoms with Crippen molar-refractivity contribution >= 4 is 45.3 Å². The van der Waals surface area contributed by atoms with Gasteiger partial charge >= 0.3 is 0 Å². The molecule has 0 fully saturated rings.